The maximum Gasteiger partial charge on any atom is 0.0704 e. The van der Waals surface area contributed by atoms with Gasteiger partial charge in [-0.3, -0.25) is 0 Å². The summed E-state index contributed by atoms with van der Waals surface area (Å²) in [6.45, 7) is 9.67. The number of rotatable bonds is 7. The molecule has 0 rings (SSSR count). The molecule has 0 aromatic heterocycles. The van der Waals surface area contributed by atoms with Crippen molar-refractivity contribution in [1.82, 2.24) is 0 Å². The fourth-order valence-corrected chi connectivity index (χ4v) is 0.593. The third-order valence-electron chi connectivity index (χ3n) is 1.44. The summed E-state index contributed by atoms with van der Waals surface area (Å²) in [5, 5.41) is 0. The summed E-state index contributed by atoms with van der Waals surface area (Å²) < 4.78 is 10.5. The molecule has 0 amide bonds. The molecule has 1 unspecified atom stereocenters. The first-order valence-corrected chi connectivity index (χ1v) is 4.11. The minimum Gasteiger partial charge on any atom is -0.376 e. The van der Waals surface area contributed by atoms with E-state index in [2.05, 4.69) is 20.4 Å². The van der Waals surface area contributed by atoms with Crippen LogP contribution >= 0.6 is 0 Å². The van der Waals surface area contributed by atoms with Crippen LogP contribution in [0.5, 0.6) is 0 Å². The lowest BCUT2D eigenvalue weighted by Crippen LogP contribution is -2.11. The average Bonchev–Trinajstić information content (AvgIpc) is 2.04. The third-order valence-corrected chi connectivity index (χ3v) is 1.44. The van der Waals surface area contributed by atoms with Crippen molar-refractivity contribution in [2.45, 2.75) is 26.4 Å². The number of hydrogen-bond donors (Lipinski definition) is 0. The molecule has 0 aliphatic heterocycles. The van der Waals surface area contributed by atoms with Crippen LogP contribution in [0.15, 0.2) is 12.7 Å². The Morgan fingerprint density at radius 2 is 2.18 bits per heavy atom. The minimum absolute atomic E-state index is 0.349. The molecule has 0 spiro atoms. The molecule has 0 aromatic rings. The summed E-state index contributed by atoms with van der Waals surface area (Å²) in [5.41, 5.74) is 0. The van der Waals surface area contributed by atoms with Crippen molar-refractivity contribution in [3.63, 3.8) is 0 Å². The van der Waals surface area contributed by atoms with Crippen molar-refractivity contribution in [3.05, 3.63) is 12.7 Å². The molecular weight excluding hydrogens is 140 g/mol. The normalized spacial score (nSPS) is 12.9. The highest BCUT2D eigenvalue weighted by molar-refractivity contribution is 4.63. The number of ether oxygens (including phenoxy) is 2. The fraction of sp³-hybridized carbons (Fsp3) is 0.778. The van der Waals surface area contributed by atoms with Gasteiger partial charge >= 0.3 is 0 Å². The van der Waals surface area contributed by atoms with Gasteiger partial charge in [0, 0.05) is 0 Å². The van der Waals surface area contributed by atoms with Gasteiger partial charge in [-0.05, 0) is 13.3 Å². The van der Waals surface area contributed by atoms with Gasteiger partial charge in [-0.15, -0.1) is 6.58 Å². The topological polar surface area (TPSA) is 18.5 Å². The van der Waals surface area contributed by atoms with Crippen molar-refractivity contribution >= 4 is 0 Å². The van der Waals surface area contributed by atoms with E-state index < -0.39 is 0 Å². The number of hydrogen-bond acceptors (Lipinski definition) is 2. The highest BCUT2D eigenvalue weighted by Gasteiger charge is 1.95. The SMILES string of the molecule is C=CCOCCOC(C)CC. The lowest BCUT2D eigenvalue weighted by atomic mass is 10.3. The molecule has 0 saturated heterocycles. The summed E-state index contributed by atoms with van der Waals surface area (Å²) in [7, 11) is 0. The van der Waals surface area contributed by atoms with Gasteiger partial charge in [0.2, 0.25) is 0 Å². The molecule has 0 heterocycles. The van der Waals surface area contributed by atoms with Gasteiger partial charge in [0.15, 0.2) is 0 Å². The van der Waals surface area contributed by atoms with Crippen molar-refractivity contribution in [3.8, 4) is 0 Å². The molecule has 66 valence electrons. The molecule has 0 N–H and O–H groups in total. The van der Waals surface area contributed by atoms with Crippen LogP contribution in [0.4, 0.5) is 0 Å². The smallest absolute Gasteiger partial charge is 0.0704 e. The van der Waals surface area contributed by atoms with Gasteiger partial charge in [-0.1, -0.05) is 13.0 Å². The Hall–Kier alpha value is -0.340. The first kappa shape index (κ1) is 10.7. The lowest BCUT2D eigenvalue weighted by molar-refractivity contribution is 0.0175. The van der Waals surface area contributed by atoms with Crippen LogP contribution in [-0.2, 0) is 9.47 Å². The molecule has 0 saturated carbocycles. The monoisotopic (exact) mass is 158 g/mol. The molecule has 1 atom stereocenters. The second kappa shape index (κ2) is 7.76. The van der Waals surface area contributed by atoms with Gasteiger partial charge in [-0.25, -0.2) is 0 Å². The van der Waals surface area contributed by atoms with E-state index in [1.54, 1.807) is 6.08 Å². The zero-order valence-corrected chi connectivity index (χ0v) is 7.51. The summed E-state index contributed by atoms with van der Waals surface area (Å²) in [4.78, 5) is 0. The van der Waals surface area contributed by atoms with E-state index in [-0.39, 0.29) is 0 Å². The molecule has 0 fully saturated rings. The van der Waals surface area contributed by atoms with Gasteiger partial charge in [0.05, 0.1) is 25.9 Å². The van der Waals surface area contributed by atoms with Crippen molar-refractivity contribution in [2.24, 2.45) is 0 Å². The van der Waals surface area contributed by atoms with E-state index in [0.717, 1.165) is 6.42 Å². The van der Waals surface area contributed by atoms with E-state index in [0.29, 0.717) is 25.9 Å². The van der Waals surface area contributed by atoms with E-state index >= 15 is 0 Å². The standard InChI is InChI=1S/C9H18O2/c1-4-6-10-7-8-11-9(3)5-2/h4,9H,1,5-8H2,2-3H3. The highest BCUT2D eigenvalue weighted by atomic mass is 16.5. The van der Waals surface area contributed by atoms with Crippen LogP contribution in [0, 0.1) is 0 Å². The Labute approximate surface area is 69.2 Å². The Morgan fingerprint density at radius 1 is 1.45 bits per heavy atom. The van der Waals surface area contributed by atoms with E-state index in [4.69, 9.17) is 9.47 Å². The van der Waals surface area contributed by atoms with E-state index in [1.807, 2.05) is 0 Å². The quantitative estimate of drug-likeness (QED) is 0.417. The van der Waals surface area contributed by atoms with Crippen molar-refractivity contribution in [2.75, 3.05) is 19.8 Å². The van der Waals surface area contributed by atoms with Crippen LogP contribution < -0.4 is 0 Å². The third kappa shape index (κ3) is 7.56. The van der Waals surface area contributed by atoms with Crippen LogP contribution in [0.2, 0.25) is 0 Å². The molecule has 0 aliphatic carbocycles. The Kier molecular flexibility index (Phi) is 7.52. The molecule has 11 heavy (non-hydrogen) atoms. The predicted molar refractivity (Wildman–Crippen MR) is 46.7 cm³/mol. The molecule has 0 aromatic carbocycles. The Bertz CT molecular complexity index is 91.6. The van der Waals surface area contributed by atoms with Crippen LogP contribution in [0.1, 0.15) is 20.3 Å². The summed E-state index contributed by atoms with van der Waals surface area (Å²) in [5.74, 6) is 0. The summed E-state index contributed by atoms with van der Waals surface area (Å²) >= 11 is 0. The predicted octanol–water partition coefficient (Wildman–Crippen LogP) is 2.00. The molecular formula is C9H18O2. The molecule has 2 heteroatoms. The maximum absolute atomic E-state index is 5.38. The first-order valence-electron chi connectivity index (χ1n) is 4.11. The minimum atomic E-state index is 0.349. The first-order chi connectivity index (χ1) is 5.31. The largest absolute Gasteiger partial charge is 0.376 e. The maximum atomic E-state index is 5.38. The van der Waals surface area contributed by atoms with Gasteiger partial charge < -0.3 is 9.47 Å². The van der Waals surface area contributed by atoms with Crippen LogP contribution in [0.3, 0.4) is 0 Å². The summed E-state index contributed by atoms with van der Waals surface area (Å²) in [6.07, 6.45) is 3.15. The van der Waals surface area contributed by atoms with Crippen molar-refractivity contribution < 1.29 is 9.47 Å². The fourth-order valence-electron chi connectivity index (χ4n) is 0.593. The van der Waals surface area contributed by atoms with Gasteiger partial charge in [0.25, 0.3) is 0 Å². The molecule has 0 bridgehead atoms. The van der Waals surface area contributed by atoms with Crippen LogP contribution in [-0.4, -0.2) is 25.9 Å². The van der Waals surface area contributed by atoms with Crippen LogP contribution in [0.25, 0.3) is 0 Å². The Morgan fingerprint density at radius 3 is 2.73 bits per heavy atom. The molecule has 0 radical (unpaired) electrons. The zero-order valence-electron chi connectivity index (χ0n) is 7.51. The average molecular weight is 158 g/mol. The van der Waals surface area contributed by atoms with Gasteiger partial charge in [-0.2, -0.15) is 0 Å². The lowest BCUT2D eigenvalue weighted by Gasteiger charge is -2.09. The Balaban J connectivity index is 2.95. The highest BCUT2D eigenvalue weighted by Crippen LogP contribution is 1.94. The van der Waals surface area contributed by atoms with E-state index in [1.165, 1.54) is 0 Å². The van der Waals surface area contributed by atoms with Gasteiger partial charge in [0.1, 0.15) is 0 Å². The molecule has 2 nitrogen and oxygen atoms in total. The second-order valence-corrected chi connectivity index (χ2v) is 2.45. The zero-order chi connectivity index (χ0) is 8.53. The second-order valence-electron chi connectivity index (χ2n) is 2.45. The van der Waals surface area contributed by atoms with Crippen molar-refractivity contribution in [1.29, 1.82) is 0 Å². The van der Waals surface area contributed by atoms with E-state index in [9.17, 15) is 0 Å². The molecule has 0 aliphatic rings. The summed E-state index contributed by atoms with van der Waals surface area (Å²) in [6, 6.07) is 0.